The Hall–Kier alpha value is -0.710. The van der Waals surface area contributed by atoms with Crippen molar-refractivity contribution in [2.45, 2.75) is 66.2 Å². The van der Waals surface area contributed by atoms with Crippen LogP contribution in [0.1, 0.15) is 66.2 Å². The molecule has 0 bridgehead atoms. The Morgan fingerprint density at radius 2 is 1.09 bits per heavy atom. The second kappa shape index (κ2) is 11.0. The minimum absolute atomic E-state index is 0.127. The van der Waals surface area contributed by atoms with E-state index in [2.05, 4.69) is 0 Å². The van der Waals surface area contributed by atoms with E-state index in [0.29, 0.717) is 0 Å². The van der Waals surface area contributed by atoms with Crippen molar-refractivity contribution >= 4 is 23.7 Å². The number of carbonyl (C=O) groups excluding carboxylic acids is 2. The average Bonchev–Trinajstić information content (AvgIpc) is 2.51. The van der Waals surface area contributed by atoms with Crippen LogP contribution in [0.2, 0.25) is 0 Å². The first-order valence-corrected chi connectivity index (χ1v) is 9.57. The number of hydrogen-bond donors (Lipinski definition) is 0. The van der Waals surface area contributed by atoms with Crippen LogP contribution in [0.3, 0.4) is 0 Å². The Morgan fingerprint density at radius 1 is 0.739 bits per heavy atom. The number of hydrogen-bond acceptors (Lipinski definition) is 5. The van der Waals surface area contributed by atoms with E-state index in [-0.39, 0.29) is 22.8 Å². The Morgan fingerprint density at radius 3 is 1.39 bits per heavy atom. The van der Waals surface area contributed by atoms with E-state index in [4.69, 9.17) is 9.47 Å². The quantitative estimate of drug-likeness (QED) is 0.386. The highest BCUT2D eigenvalue weighted by molar-refractivity contribution is 7.99. The third kappa shape index (κ3) is 9.23. The van der Waals surface area contributed by atoms with Gasteiger partial charge in [-0.2, -0.15) is 11.8 Å². The molecule has 0 amide bonds. The topological polar surface area (TPSA) is 52.6 Å². The van der Waals surface area contributed by atoms with Gasteiger partial charge in [0.25, 0.3) is 0 Å². The van der Waals surface area contributed by atoms with Gasteiger partial charge >= 0.3 is 11.9 Å². The van der Waals surface area contributed by atoms with Gasteiger partial charge in [-0.05, 0) is 64.9 Å². The molecule has 0 unspecified atom stereocenters. The second-order valence-corrected chi connectivity index (χ2v) is 8.50. The fraction of sp³-hybridized carbons (Fsp3) is 0.889. The van der Waals surface area contributed by atoms with Crippen molar-refractivity contribution in [2.24, 2.45) is 10.8 Å². The van der Waals surface area contributed by atoms with E-state index in [1.54, 1.807) is 0 Å². The lowest BCUT2D eigenvalue weighted by atomic mass is 9.87. The van der Waals surface area contributed by atoms with E-state index in [0.717, 1.165) is 50.0 Å². The van der Waals surface area contributed by atoms with Crippen molar-refractivity contribution < 1.29 is 19.1 Å². The van der Waals surface area contributed by atoms with E-state index < -0.39 is 0 Å². The minimum atomic E-state index is -0.376. The number of methoxy groups -OCH3 is 2. The predicted molar refractivity (Wildman–Crippen MR) is 96.6 cm³/mol. The fourth-order valence-electron chi connectivity index (χ4n) is 2.40. The zero-order chi connectivity index (χ0) is 17.9. The van der Waals surface area contributed by atoms with Crippen molar-refractivity contribution in [3.05, 3.63) is 0 Å². The van der Waals surface area contributed by atoms with Gasteiger partial charge in [0, 0.05) is 0 Å². The smallest absolute Gasteiger partial charge is 0.311 e. The van der Waals surface area contributed by atoms with Gasteiger partial charge in [-0.3, -0.25) is 9.59 Å². The van der Waals surface area contributed by atoms with Crippen LogP contribution in [-0.4, -0.2) is 37.7 Å². The molecule has 0 heterocycles. The zero-order valence-corrected chi connectivity index (χ0v) is 16.5. The summed E-state index contributed by atoms with van der Waals surface area (Å²) in [4.78, 5) is 23.1. The summed E-state index contributed by atoms with van der Waals surface area (Å²) in [6, 6.07) is 0. The molecule has 0 atom stereocenters. The number of esters is 2. The van der Waals surface area contributed by atoms with Crippen LogP contribution in [0.25, 0.3) is 0 Å². The molecule has 0 aliphatic carbocycles. The SMILES string of the molecule is COC(=O)C(C)(C)CCCCSCCCCC(C)(C)C(=O)OC. The average molecular weight is 347 g/mol. The van der Waals surface area contributed by atoms with Crippen molar-refractivity contribution in [1.82, 2.24) is 0 Å². The second-order valence-electron chi connectivity index (χ2n) is 7.28. The van der Waals surface area contributed by atoms with Crippen LogP contribution < -0.4 is 0 Å². The lowest BCUT2D eigenvalue weighted by Crippen LogP contribution is -2.25. The number of ether oxygens (including phenoxy) is 2. The van der Waals surface area contributed by atoms with E-state index in [1.807, 2.05) is 39.5 Å². The van der Waals surface area contributed by atoms with Crippen LogP contribution in [0.15, 0.2) is 0 Å². The van der Waals surface area contributed by atoms with Gasteiger partial charge in [0.1, 0.15) is 0 Å². The van der Waals surface area contributed by atoms with Crippen LogP contribution in [0, 0.1) is 10.8 Å². The molecule has 0 saturated carbocycles. The minimum Gasteiger partial charge on any atom is -0.469 e. The first-order chi connectivity index (χ1) is 10.7. The lowest BCUT2D eigenvalue weighted by molar-refractivity contribution is -0.151. The maximum Gasteiger partial charge on any atom is 0.311 e. The summed E-state index contributed by atoms with van der Waals surface area (Å²) in [7, 11) is 2.89. The molecule has 0 N–H and O–H groups in total. The highest BCUT2D eigenvalue weighted by atomic mass is 32.2. The molecule has 0 rings (SSSR count). The number of rotatable bonds is 12. The van der Waals surface area contributed by atoms with Crippen LogP contribution in [-0.2, 0) is 19.1 Å². The van der Waals surface area contributed by atoms with E-state index in [9.17, 15) is 9.59 Å². The highest BCUT2D eigenvalue weighted by Gasteiger charge is 2.28. The van der Waals surface area contributed by atoms with Gasteiger partial charge in [-0.25, -0.2) is 0 Å². The van der Waals surface area contributed by atoms with Crippen molar-refractivity contribution in [2.75, 3.05) is 25.7 Å². The zero-order valence-electron chi connectivity index (χ0n) is 15.7. The van der Waals surface area contributed by atoms with Gasteiger partial charge in [-0.1, -0.05) is 12.8 Å². The molecule has 23 heavy (non-hydrogen) atoms. The molecule has 0 fully saturated rings. The van der Waals surface area contributed by atoms with Crippen molar-refractivity contribution in [3.8, 4) is 0 Å². The molecule has 5 heteroatoms. The van der Waals surface area contributed by atoms with E-state index >= 15 is 0 Å². The van der Waals surface area contributed by atoms with E-state index in [1.165, 1.54) is 14.2 Å². The summed E-state index contributed by atoms with van der Waals surface area (Å²) in [6.45, 7) is 7.76. The maximum atomic E-state index is 11.6. The largest absolute Gasteiger partial charge is 0.469 e. The molecule has 136 valence electrons. The third-order valence-electron chi connectivity index (χ3n) is 4.16. The molecule has 4 nitrogen and oxygen atoms in total. The molecular weight excluding hydrogens is 312 g/mol. The summed E-state index contributed by atoms with van der Waals surface area (Å²) in [5, 5.41) is 0. The number of unbranched alkanes of at least 4 members (excludes halogenated alkanes) is 2. The maximum absolute atomic E-state index is 11.6. The lowest BCUT2D eigenvalue weighted by Gasteiger charge is -2.21. The van der Waals surface area contributed by atoms with Gasteiger partial charge in [0.2, 0.25) is 0 Å². The molecular formula is C18H34O4S. The Kier molecular flexibility index (Phi) is 10.6. The van der Waals surface area contributed by atoms with Gasteiger partial charge in [0.15, 0.2) is 0 Å². The molecule has 0 aliphatic rings. The first-order valence-electron chi connectivity index (χ1n) is 8.42. The molecule has 0 aliphatic heterocycles. The predicted octanol–water partition coefficient (Wildman–Crippen LogP) is 4.46. The molecule has 0 saturated heterocycles. The number of carbonyl (C=O) groups is 2. The van der Waals surface area contributed by atoms with Crippen LogP contribution >= 0.6 is 11.8 Å². The fourth-order valence-corrected chi connectivity index (χ4v) is 3.42. The number of thioether (sulfide) groups is 1. The summed E-state index contributed by atoms with van der Waals surface area (Å²) in [5.74, 6) is 1.99. The summed E-state index contributed by atoms with van der Waals surface area (Å²) >= 11 is 1.95. The first kappa shape index (κ1) is 22.3. The Balaban J connectivity index is 3.61. The van der Waals surface area contributed by atoms with Gasteiger partial charge < -0.3 is 9.47 Å². The summed E-state index contributed by atoms with van der Waals surface area (Å²) in [5.41, 5.74) is -0.752. The van der Waals surface area contributed by atoms with Crippen LogP contribution in [0.4, 0.5) is 0 Å². The molecule has 0 radical (unpaired) electrons. The summed E-state index contributed by atoms with van der Waals surface area (Å²) in [6.07, 6.45) is 6.08. The van der Waals surface area contributed by atoms with Gasteiger partial charge in [-0.15, -0.1) is 0 Å². The standard InChI is InChI=1S/C18H34O4S/c1-17(2,15(19)21-5)11-7-9-13-23-14-10-8-12-18(3,4)16(20)22-6/h7-14H2,1-6H3. The normalized spacial score (nSPS) is 12.1. The molecule has 0 spiro atoms. The molecule has 0 aromatic rings. The third-order valence-corrected chi connectivity index (χ3v) is 5.31. The van der Waals surface area contributed by atoms with Crippen molar-refractivity contribution in [3.63, 3.8) is 0 Å². The highest BCUT2D eigenvalue weighted by Crippen LogP contribution is 2.26. The molecule has 0 aromatic heterocycles. The van der Waals surface area contributed by atoms with Gasteiger partial charge in [0.05, 0.1) is 25.0 Å². The van der Waals surface area contributed by atoms with Crippen molar-refractivity contribution in [1.29, 1.82) is 0 Å². The molecule has 0 aromatic carbocycles. The Labute approximate surface area is 146 Å². The van der Waals surface area contributed by atoms with Crippen LogP contribution in [0.5, 0.6) is 0 Å². The Bertz CT molecular complexity index is 330. The summed E-state index contributed by atoms with van der Waals surface area (Å²) < 4.78 is 9.63. The monoisotopic (exact) mass is 346 g/mol.